The van der Waals surface area contributed by atoms with Gasteiger partial charge in [-0.3, -0.25) is 0 Å². The second-order valence-electron chi connectivity index (χ2n) is 1.70. The second-order valence-corrected chi connectivity index (χ2v) is 1.70. The minimum absolute atomic E-state index is 0. The third kappa shape index (κ3) is 6.48. The van der Waals surface area contributed by atoms with E-state index in [1.165, 1.54) is 0 Å². The Bertz CT molecular complexity index is 27.3. The van der Waals surface area contributed by atoms with Crippen LogP contribution in [0.5, 0.6) is 0 Å². The van der Waals surface area contributed by atoms with E-state index in [4.69, 9.17) is 5.11 Å². The molecule has 0 fully saturated rings. The van der Waals surface area contributed by atoms with Crippen LogP contribution in [0.1, 0.15) is 20.3 Å². The molecule has 1 atom stereocenters. The molecule has 1 unspecified atom stereocenters. The van der Waals surface area contributed by atoms with E-state index < -0.39 is 0 Å². The fourth-order valence-electron chi connectivity index (χ4n) is 0.129. The van der Waals surface area contributed by atoms with Gasteiger partial charge in [0.25, 0.3) is 0 Å². The Kier molecular flexibility index (Phi) is 9.68. The molecule has 49 valence electrons. The predicted molar refractivity (Wildman–Crippen MR) is 26.5 cm³/mol. The number of hydrogen-bond donors (Lipinski definition) is 1. The number of aliphatic hydroxyl groups is 1. The van der Waals surface area contributed by atoms with Crippen molar-refractivity contribution in [3.05, 3.63) is 0 Å². The largest absolute Gasteiger partial charge is 0.396 e. The minimum Gasteiger partial charge on any atom is -0.396 e. The number of aliphatic hydroxyl groups excluding tert-OH is 1. The van der Waals surface area contributed by atoms with Crippen LogP contribution in [0, 0.1) is 5.92 Å². The van der Waals surface area contributed by atoms with Gasteiger partial charge in [0.15, 0.2) is 0 Å². The van der Waals surface area contributed by atoms with Gasteiger partial charge >= 0.3 is 0 Å². The van der Waals surface area contributed by atoms with Crippen LogP contribution in [-0.2, 0) is 17.1 Å². The van der Waals surface area contributed by atoms with Crippen molar-refractivity contribution >= 4 is 0 Å². The molecule has 0 aliphatic heterocycles. The first-order valence-electron chi connectivity index (χ1n) is 2.42. The molecular formula is C5H12CuO. The van der Waals surface area contributed by atoms with Gasteiger partial charge in [-0.1, -0.05) is 20.3 Å². The summed E-state index contributed by atoms with van der Waals surface area (Å²) in [5, 5.41) is 8.33. The van der Waals surface area contributed by atoms with Gasteiger partial charge in [0, 0.05) is 23.7 Å². The van der Waals surface area contributed by atoms with Crippen molar-refractivity contribution in [2.24, 2.45) is 5.92 Å². The van der Waals surface area contributed by atoms with Gasteiger partial charge in [0.1, 0.15) is 0 Å². The maximum Gasteiger partial charge on any atom is 0.0456 e. The number of rotatable bonds is 2. The first-order chi connectivity index (χ1) is 2.81. The minimum atomic E-state index is 0. The zero-order chi connectivity index (χ0) is 4.99. The Morgan fingerprint density at radius 2 is 2.00 bits per heavy atom. The van der Waals surface area contributed by atoms with E-state index in [9.17, 15) is 0 Å². The molecule has 1 radical (unpaired) electrons. The van der Waals surface area contributed by atoms with Crippen LogP contribution in [-0.4, -0.2) is 11.7 Å². The molecule has 2 heteroatoms. The van der Waals surface area contributed by atoms with Gasteiger partial charge in [-0.25, -0.2) is 0 Å². The number of hydrogen-bond acceptors (Lipinski definition) is 1. The maximum atomic E-state index is 8.33. The average molecular weight is 152 g/mol. The van der Waals surface area contributed by atoms with Crippen molar-refractivity contribution in [1.29, 1.82) is 0 Å². The standard InChI is InChI=1S/C5H12O.Cu/c1-3-5(2)4-6;/h5-6H,3-4H2,1-2H3;. The molecule has 1 nitrogen and oxygen atoms in total. The molecule has 0 aliphatic carbocycles. The van der Waals surface area contributed by atoms with Gasteiger partial charge in [-0.15, -0.1) is 0 Å². The van der Waals surface area contributed by atoms with Gasteiger partial charge in [0.05, 0.1) is 0 Å². The molecule has 0 amide bonds. The summed E-state index contributed by atoms with van der Waals surface area (Å²) in [5.41, 5.74) is 0. The third-order valence-electron chi connectivity index (χ3n) is 1.01. The van der Waals surface area contributed by atoms with Crippen molar-refractivity contribution < 1.29 is 22.2 Å². The topological polar surface area (TPSA) is 20.2 Å². The van der Waals surface area contributed by atoms with Crippen molar-refractivity contribution in [2.45, 2.75) is 20.3 Å². The normalized spacial score (nSPS) is 12.4. The second kappa shape index (κ2) is 6.48. The van der Waals surface area contributed by atoms with Gasteiger partial charge in [-0.05, 0) is 5.92 Å². The summed E-state index contributed by atoms with van der Waals surface area (Å²) in [7, 11) is 0. The molecule has 0 heterocycles. The van der Waals surface area contributed by atoms with Crippen molar-refractivity contribution in [3.8, 4) is 0 Å². The van der Waals surface area contributed by atoms with Crippen LogP contribution in [0.3, 0.4) is 0 Å². The molecule has 0 aliphatic rings. The molecule has 0 saturated heterocycles. The summed E-state index contributed by atoms with van der Waals surface area (Å²) in [6.45, 7) is 4.43. The monoisotopic (exact) mass is 151 g/mol. The Balaban J connectivity index is 0. The molecule has 0 bridgehead atoms. The molecular weight excluding hydrogens is 140 g/mol. The SMILES string of the molecule is CCC(C)CO.[Cu]. The van der Waals surface area contributed by atoms with E-state index in [0.29, 0.717) is 12.5 Å². The summed E-state index contributed by atoms with van der Waals surface area (Å²) in [6.07, 6.45) is 1.08. The summed E-state index contributed by atoms with van der Waals surface area (Å²) in [6, 6.07) is 0. The Hall–Kier alpha value is 0.479. The average Bonchev–Trinajstić information content (AvgIpc) is 1.65. The summed E-state index contributed by atoms with van der Waals surface area (Å²) in [5.74, 6) is 0.491. The molecule has 0 aromatic heterocycles. The van der Waals surface area contributed by atoms with Crippen LogP contribution in [0.15, 0.2) is 0 Å². The first kappa shape index (κ1) is 10.5. The summed E-state index contributed by atoms with van der Waals surface area (Å²) in [4.78, 5) is 0. The maximum absolute atomic E-state index is 8.33. The smallest absolute Gasteiger partial charge is 0.0456 e. The van der Waals surface area contributed by atoms with E-state index in [1.54, 1.807) is 0 Å². The Morgan fingerprint density at radius 1 is 1.57 bits per heavy atom. The molecule has 0 spiro atoms. The van der Waals surface area contributed by atoms with E-state index in [-0.39, 0.29) is 17.1 Å². The molecule has 0 aromatic rings. The van der Waals surface area contributed by atoms with Crippen molar-refractivity contribution in [3.63, 3.8) is 0 Å². The zero-order valence-corrected chi connectivity index (χ0v) is 5.68. The van der Waals surface area contributed by atoms with E-state index >= 15 is 0 Å². The van der Waals surface area contributed by atoms with Crippen molar-refractivity contribution in [2.75, 3.05) is 6.61 Å². The Morgan fingerprint density at radius 3 is 2.00 bits per heavy atom. The zero-order valence-electron chi connectivity index (χ0n) is 4.74. The van der Waals surface area contributed by atoms with Crippen LogP contribution < -0.4 is 0 Å². The summed E-state index contributed by atoms with van der Waals surface area (Å²) >= 11 is 0. The van der Waals surface area contributed by atoms with Gasteiger partial charge in [0.2, 0.25) is 0 Å². The van der Waals surface area contributed by atoms with Crippen LogP contribution in [0.25, 0.3) is 0 Å². The van der Waals surface area contributed by atoms with E-state index in [1.807, 2.05) is 6.92 Å². The van der Waals surface area contributed by atoms with Crippen LogP contribution in [0.4, 0.5) is 0 Å². The fourth-order valence-corrected chi connectivity index (χ4v) is 0.129. The summed E-state index contributed by atoms with van der Waals surface area (Å²) < 4.78 is 0. The quantitative estimate of drug-likeness (QED) is 0.585. The molecule has 7 heavy (non-hydrogen) atoms. The van der Waals surface area contributed by atoms with E-state index in [2.05, 4.69) is 6.92 Å². The Labute approximate surface area is 55.6 Å². The van der Waals surface area contributed by atoms with Crippen molar-refractivity contribution in [1.82, 2.24) is 0 Å². The van der Waals surface area contributed by atoms with Gasteiger partial charge in [-0.2, -0.15) is 0 Å². The third-order valence-corrected chi connectivity index (χ3v) is 1.01. The molecule has 1 N–H and O–H groups in total. The van der Waals surface area contributed by atoms with E-state index in [0.717, 1.165) is 6.42 Å². The first-order valence-corrected chi connectivity index (χ1v) is 2.42. The molecule has 0 aromatic carbocycles. The van der Waals surface area contributed by atoms with Gasteiger partial charge < -0.3 is 5.11 Å². The molecule has 0 rings (SSSR count). The predicted octanol–water partition coefficient (Wildman–Crippen LogP) is 1.02. The fraction of sp³-hybridized carbons (Fsp3) is 1.00. The van der Waals surface area contributed by atoms with Crippen LogP contribution in [0.2, 0.25) is 0 Å². The molecule has 0 saturated carbocycles. The van der Waals surface area contributed by atoms with Crippen LogP contribution >= 0.6 is 0 Å².